The predicted molar refractivity (Wildman–Crippen MR) is 104 cm³/mol. The lowest BCUT2D eigenvalue weighted by Gasteiger charge is -2.25. The molecule has 144 valence electrons. The molecule has 0 bridgehead atoms. The normalized spacial score (nSPS) is 18.4. The molecule has 27 heavy (non-hydrogen) atoms. The van der Waals surface area contributed by atoms with Crippen LogP contribution in [0.3, 0.4) is 0 Å². The zero-order chi connectivity index (χ0) is 19.8. The maximum absolute atomic E-state index is 12.7. The van der Waals surface area contributed by atoms with Gasteiger partial charge in [-0.15, -0.1) is 0 Å². The van der Waals surface area contributed by atoms with Gasteiger partial charge in [-0.25, -0.2) is 8.42 Å². The van der Waals surface area contributed by atoms with Gasteiger partial charge in [0.1, 0.15) is 5.75 Å². The van der Waals surface area contributed by atoms with Crippen molar-refractivity contribution in [3.8, 4) is 17.2 Å². The number of methoxy groups -OCH3 is 3. The summed E-state index contributed by atoms with van der Waals surface area (Å²) in [5.74, 6) is -0.0580. The van der Waals surface area contributed by atoms with Crippen molar-refractivity contribution < 1.29 is 27.4 Å². The molecule has 9 heteroatoms. The monoisotopic (exact) mass is 455 g/mol. The van der Waals surface area contributed by atoms with E-state index in [1.807, 2.05) is 0 Å². The minimum Gasteiger partial charge on any atom is -0.493 e. The van der Waals surface area contributed by atoms with Crippen molar-refractivity contribution in [2.24, 2.45) is 0 Å². The molecule has 1 amide bonds. The molecule has 0 spiro atoms. The van der Waals surface area contributed by atoms with Gasteiger partial charge in [0.05, 0.1) is 27.0 Å². The van der Waals surface area contributed by atoms with Gasteiger partial charge < -0.3 is 14.2 Å². The molecule has 1 atom stereocenters. The Hall–Kier alpha value is -2.26. The van der Waals surface area contributed by atoms with Crippen LogP contribution in [0.4, 0.5) is 5.69 Å². The molecule has 7 nitrogen and oxygen atoms in total. The van der Waals surface area contributed by atoms with Gasteiger partial charge in [0.15, 0.2) is 26.7 Å². The number of sulfone groups is 1. The number of anilines is 1. The number of benzene rings is 2. The third-order valence-corrected chi connectivity index (χ3v) is 6.59. The van der Waals surface area contributed by atoms with E-state index in [4.69, 9.17) is 14.2 Å². The lowest BCUT2D eigenvalue weighted by Crippen LogP contribution is -2.29. The van der Waals surface area contributed by atoms with Crippen LogP contribution in [-0.2, 0) is 14.6 Å². The minimum absolute atomic E-state index is 0.332. The fourth-order valence-electron chi connectivity index (χ4n) is 3.08. The van der Waals surface area contributed by atoms with E-state index in [0.717, 1.165) is 4.47 Å². The topological polar surface area (TPSA) is 82.1 Å². The van der Waals surface area contributed by atoms with Gasteiger partial charge in [-0.3, -0.25) is 9.69 Å². The fraction of sp³-hybridized carbons (Fsp3) is 0.278. The van der Waals surface area contributed by atoms with Gasteiger partial charge >= 0.3 is 0 Å². The number of hydrogen-bond acceptors (Lipinski definition) is 6. The second-order valence-electron chi connectivity index (χ2n) is 5.86. The van der Waals surface area contributed by atoms with E-state index in [9.17, 15) is 13.2 Å². The van der Waals surface area contributed by atoms with Crippen molar-refractivity contribution in [3.05, 3.63) is 46.4 Å². The van der Waals surface area contributed by atoms with Crippen LogP contribution in [0, 0.1) is 0 Å². The van der Waals surface area contributed by atoms with Gasteiger partial charge in [0.2, 0.25) is 11.7 Å². The molecule has 0 N–H and O–H groups in total. The maximum Gasteiger partial charge on any atom is 0.243 e. The first-order valence-corrected chi connectivity index (χ1v) is 10.4. The second-order valence-corrected chi connectivity index (χ2v) is 8.83. The molecule has 1 fully saturated rings. The van der Waals surface area contributed by atoms with Gasteiger partial charge in [0, 0.05) is 16.6 Å². The van der Waals surface area contributed by atoms with Crippen LogP contribution in [0.1, 0.15) is 10.9 Å². The highest BCUT2D eigenvalue weighted by Crippen LogP contribution is 2.45. The number of carbonyl (C=O) groups is 1. The van der Waals surface area contributed by atoms with Crippen LogP contribution in [0.25, 0.3) is 0 Å². The summed E-state index contributed by atoms with van der Waals surface area (Å²) < 4.78 is 42.2. The van der Waals surface area contributed by atoms with Crippen LogP contribution in [0.5, 0.6) is 17.2 Å². The zero-order valence-corrected chi connectivity index (χ0v) is 17.3. The number of halogens is 1. The van der Waals surface area contributed by atoms with Gasteiger partial charge in [-0.05, 0) is 17.7 Å². The molecule has 0 radical (unpaired) electrons. The Balaban J connectivity index is 2.18. The SMILES string of the molecule is COc1cc(N2C(=O)CS(=O)(=O)C2c2ccc(Br)cc2)cc(OC)c1OC. The quantitative estimate of drug-likeness (QED) is 0.689. The Morgan fingerprint density at radius 2 is 1.56 bits per heavy atom. The molecule has 1 aliphatic heterocycles. The van der Waals surface area contributed by atoms with Crippen LogP contribution < -0.4 is 19.1 Å². The standard InChI is InChI=1S/C18H18BrNO6S/c1-24-14-8-13(9-15(25-2)17(14)26-3)20-16(21)10-27(22,23)18(20)11-4-6-12(19)7-5-11/h4-9,18H,10H2,1-3H3. The minimum atomic E-state index is -3.71. The Bertz CT molecular complexity index is 949. The van der Waals surface area contributed by atoms with Crippen LogP contribution in [0.15, 0.2) is 40.9 Å². The molecule has 0 saturated carbocycles. The Morgan fingerprint density at radius 3 is 2.04 bits per heavy atom. The first-order valence-electron chi connectivity index (χ1n) is 7.91. The van der Waals surface area contributed by atoms with Crippen LogP contribution >= 0.6 is 15.9 Å². The number of hydrogen-bond donors (Lipinski definition) is 0. The van der Waals surface area contributed by atoms with E-state index >= 15 is 0 Å². The van der Waals surface area contributed by atoms with Crippen molar-refractivity contribution in [2.45, 2.75) is 5.37 Å². The molecular formula is C18H18BrNO6S. The fourth-order valence-corrected chi connectivity index (χ4v) is 5.12. The average Bonchev–Trinajstić information content (AvgIpc) is 2.89. The molecule has 3 rings (SSSR count). The van der Waals surface area contributed by atoms with Crippen LogP contribution in [0.2, 0.25) is 0 Å². The Kier molecular flexibility index (Phi) is 5.34. The average molecular weight is 456 g/mol. The maximum atomic E-state index is 12.7. The molecule has 2 aromatic rings. The van der Waals surface area contributed by atoms with Crippen molar-refractivity contribution >= 4 is 37.4 Å². The summed E-state index contributed by atoms with van der Waals surface area (Å²) in [6, 6.07) is 9.95. The van der Waals surface area contributed by atoms with Crippen molar-refractivity contribution in [1.29, 1.82) is 0 Å². The number of rotatable bonds is 5. The lowest BCUT2D eigenvalue weighted by molar-refractivity contribution is -0.115. The van der Waals surface area contributed by atoms with E-state index < -0.39 is 26.9 Å². The third-order valence-electron chi connectivity index (χ3n) is 4.25. The van der Waals surface area contributed by atoms with Crippen molar-refractivity contribution in [1.82, 2.24) is 0 Å². The zero-order valence-electron chi connectivity index (χ0n) is 14.9. The summed E-state index contributed by atoms with van der Waals surface area (Å²) in [5, 5.41) is -1.12. The molecule has 0 aromatic heterocycles. The van der Waals surface area contributed by atoms with E-state index in [1.165, 1.54) is 26.2 Å². The summed E-state index contributed by atoms with van der Waals surface area (Å²) in [5.41, 5.74) is 0.848. The summed E-state index contributed by atoms with van der Waals surface area (Å²) in [7, 11) is 0.671. The Labute approximate surface area is 165 Å². The molecule has 1 unspecified atom stereocenters. The van der Waals surface area contributed by atoms with Gasteiger partial charge in [-0.2, -0.15) is 0 Å². The highest BCUT2D eigenvalue weighted by Gasteiger charge is 2.46. The summed E-state index contributed by atoms with van der Waals surface area (Å²) in [6.07, 6.45) is 0. The van der Waals surface area contributed by atoms with E-state index in [1.54, 1.807) is 36.4 Å². The lowest BCUT2D eigenvalue weighted by atomic mass is 10.1. The first kappa shape index (κ1) is 19.5. The molecule has 2 aromatic carbocycles. The summed E-state index contributed by atoms with van der Waals surface area (Å²) in [6.45, 7) is 0. The highest BCUT2D eigenvalue weighted by atomic mass is 79.9. The number of nitrogens with zero attached hydrogens (tertiary/aromatic N) is 1. The van der Waals surface area contributed by atoms with E-state index in [-0.39, 0.29) is 0 Å². The number of amides is 1. The third kappa shape index (κ3) is 3.49. The molecule has 0 aliphatic carbocycles. The van der Waals surface area contributed by atoms with Gasteiger partial charge in [0.25, 0.3) is 0 Å². The summed E-state index contributed by atoms with van der Waals surface area (Å²) in [4.78, 5) is 13.9. The van der Waals surface area contributed by atoms with E-state index in [0.29, 0.717) is 28.5 Å². The highest BCUT2D eigenvalue weighted by molar-refractivity contribution is 9.10. The number of ether oxygens (including phenoxy) is 3. The molecule has 1 saturated heterocycles. The Morgan fingerprint density at radius 1 is 1.00 bits per heavy atom. The molecule has 1 heterocycles. The summed E-state index contributed by atoms with van der Waals surface area (Å²) >= 11 is 3.33. The van der Waals surface area contributed by atoms with Gasteiger partial charge in [-0.1, -0.05) is 28.1 Å². The smallest absolute Gasteiger partial charge is 0.243 e. The molecular weight excluding hydrogens is 438 g/mol. The second kappa shape index (κ2) is 7.40. The first-order chi connectivity index (χ1) is 12.8. The predicted octanol–water partition coefficient (Wildman–Crippen LogP) is 2.94. The van der Waals surface area contributed by atoms with Crippen LogP contribution in [-0.4, -0.2) is 41.4 Å². The van der Waals surface area contributed by atoms with Crippen molar-refractivity contribution in [3.63, 3.8) is 0 Å². The largest absolute Gasteiger partial charge is 0.493 e. The van der Waals surface area contributed by atoms with E-state index in [2.05, 4.69) is 15.9 Å². The molecule has 1 aliphatic rings. The number of carbonyl (C=O) groups excluding carboxylic acids is 1. The van der Waals surface area contributed by atoms with Crippen molar-refractivity contribution in [2.75, 3.05) is 32.0 Å².